The van der Waals surface area contributed by atoms with Crippen LogP contribution in [-0.4, -0.2) is 5.11 Å². The van der Waals surface area contributed by atoms with E-state index in [1.165, 1.54) is 0 Å². The fourth-order valence-corrected chi connectivity index (χ4v) is 1.42. The van der Waals surface area contributed by atoms with Crippen LogP contribution in [0.1, 0.15) is 25.0 Å². The van der Waals surface area contributed by atoms with Gasteiger partial charge in [0.2, 0.25) is 0 Å². The molecule has 1 nitrogen and oxygen atoms in total. The first-order valence-electron chi connectivity index (χ1n) is 4.65. The van der Waals surface area contributed by atoms with Crippen LogP contribution >= 0.6 is 0 Å². The number of benzene rings is 1. The number of hydrogen-bond donors (Lipinski definition) is 1. The first-order chi connectivity index (χ1) is 6.29. The highest BCUT2D eigenvalue weighted by Gasteiger charge is 2.14. The second kappa shape index (κ2) is 4.83. The average Bonchev–Trinajstić information content (AvgIpc) is 2.21. The normalized spacial score (nSPS) is 14.9. The SMILES string of the molecule is C=CC(CC)[C@H](O)c1ccccc1. The summed E-state index contributed by atoms with van der Waals surface area (Å²) in [5, 5.41) is 9.91. The van der Waals surface area contributed by atoms with Crippen LogP contribution in [0.2, 0.25) is 0 Å². The number of aliphatic hydroxyl groups is 1. The molecule has 2 atom stereocenters. The Balaban J connectivity index is 2.77. The molecule has 0 fully saturated rings. The number of aliphatic hydroxyl groups excluding tert-OH is 1. The summed E-state index contributed by atoms with van der Waals surface area (Å²) in [6.45, 7) is 5.77. The van der Waals surface area contributed by atoms with Gasteiger partial charge in [0.1, 0.15) is 0 Å². The molecule has 0 aliphatic heterocycles. The summed E-state index contributed by atoms with van der Waals surface area (Å²) in [6, 6.07) is 9.71. The van der Waals surface area contributed by atoms with E-state index < -0.39 is 6.10 Å². The highest BCUT2D eigenvalue weighted by atomic mass is 16.3. The number of rotatable bonds is 4. The Morgan fingerprint density at radius 1 is 1.38 bits per heavy atom. The van der Waals surface area contributed by atoms with Crippen LogP contribution in [0, 0.1) is 5.92 Å². The van der Waals surface area contributed by atoms with Crippen LogP contribution in [0.15, 0.2) is 43.0 Å². The molecular formula is C12H16O. The van der Waals surface area contributed by atoms with Crippen LogP contribution in [0.25, 0.3) is 0 Å². The van der Waals surface area contributed by atoms with Gasteiger partial charge in [-0.15, -0.1) is 6.58 Å². The molecule has 0 heterocycles. The zero-order chi connectivity index (χ0) is 9.68. The van der Waals surface area contributed by atoms with Crippen molar-refractivity contribution >= 4 is 0 Å². The second-order valence-electron chi connectivity index (χ2n) is 3.16. The van der Waals surface area contributed by atoms with Crippen LogP contribution in [0.5, 0.6) is 0 Å². The molecule has 1 N–H and O–H groups in total. The summed E-state index contributed by atoms with van der Waals surface area (Å²) in [5.41, 5.74) is 0.967. The summed E-state index contributed by atoms with van der Waals surface area (Å²) in [6.07, 6.45) is 2.32. The Kier molecular flexibility index (Phi) is 3.71. The van der Waals surface area contributed by atoms with E-state index in [4.69, 9.17) is 0 Å². The summed E-state index contributed by atoms with van der Waals surface area (Å²) in [4.78, 5) is 0. The molecule has 0 radical (unpaired) electrons. The summed E-state index contributed by atoms with van der Waals surface area (Å²) >= 11 is 0. The van der Waals surface area contributed by atoms with E-state index in [0.717, 1.165) is 12.0 Å². The van der Waals surface area contributed by atoms with Crippen molar-refractivity contribution in [2.24, 2.45) is 5.92 Å². The lowest BCUT2D eigenvalue weighted by Gasteiger charge is -2.17. The predicted octanol–water partition coefficient (Wildman–Crippen LogP) is 2.93. The molecule has 1 heteroatoms. The van der Waals surface area contributed by atoms with Gasteiger partial charge < -0.3 is 5.11 Å². The second-order valence-corrected chi connectivity index (χ2v) is 3.16. The standard InChI is InChI=1S/C12H16O/c1-3-10(4-2)12(13)11-8-6-5-7-9-11/h3,5-10,12-13H,1,4H2,2H3/t10?,12-/m0/s1. The molecular weight excluding hydrogens is 160 g/mol. The monoisotopic (exact) mass is 176 g/mol. The lowest BCUT2D eigenvalue weighted by molar-refractivity contribution is 0.129. The summed E-state index contributed by atoms with van der Waals surface area (Å²) in [5.74, 6) is 0.155. The van der Waals surface area contributed by atoms with Crippen LogP contribution in [0.4, 0.5) is 0 Å². The molecule has 0 bridgehead atoms. The zero-order valence-electron chi connectivity index (χ0n) is 7.98. The van der Waals surface area contributed by atoms with Crippen molar-refractivity contribution in [3.05, 3.63) is 48.6 Å². The van der Waals surface area contributed by atoms with Gasteiger partial charge in [0.05, 0.1) is 6.10 Å². The van der Waals surface area contributed by atoms with Gasteiger partial charge in [0.15, 0.2) is 0 Å². The quantitative estimate of drug-likeness (QED) is 0.699. The molecule has 0 spiro atoms. The lowest BCUT2D eigenvalue weighted by Crippen LogP contribution is -2.08. The van der Waals surface area contributed by atoms with E-state index in [9.17, 15) is 5.11 Å². The Morgan fingerprint density at radius 2 is 2.00 bits per heavy atom. The van der Waals surface area contributed by atoms with Crippen LogP contribution in [-0.2, 0) is 0 Å². The highest BCUT2D eigenvalue weighted by Crippen LogP contribution is 2.24. The van der Waals surface area contributed by atoms with Crippen LogP contribution in [0.3, 0.4) is 0 Å². The van der Waals surface area contributed by atoms with Gasteiger partial charge in [0, 0.05) is 5.92 Å². The molecule has 0 aromatic heterocycles. The van der Waals surface area contributed by atoms with Crippen molar-refractivity contribution in [2.45, 2.75) is 19.4 Å². The fraction of sp³-hybridized carbons (Fsp3) is 0.333. The Bertz CT molecular complexity index is 253. The highest BCUT2D eigenvalue weighted by molar-refractivity contribution is 5.18. The van der Waals surface area contributed by atoms with Gasteiger partial charge in [-0.25, -0.2) is 0 Å². The maximum Gasteiger partial charge on any atom is 0.0852 e. The Hall–Kier alpha value is -1.08. The van der Waals surface area contributed by atoms with Gasteiger partial charge in [-0.3, -0.25) is 0 Å². The van der Waals surface area contributed by atoms with E-state index in [2.05, 4.69) is 13.5 Å². The van der Waals surface area contributed by atoms with E-state index in [0.29, 0.717) is 0 Å². The Morgan fingerprint density at radius 3 is 2.46 bits per heavy atom. The number of hydrogen-bond acceptors (Lipinski definition) is 1. The van der Waals surface area contributed by atoms with Crippen molar-refractivity contribution in [2.75, 3.05) is 0 Å². The molecule has 0 saturated carbocycles. The molecule has 0 aliphatic carbocycles. The van der Waals surface area contributed by atoms with Gasteiger partial charge in [-0.2, -0.15) is 0 Å². The largest absolute Gasteiger partial charge is 0.388 e. The first-order valence-corrected chi connectivity index (χ1v) is 4.65. The first kappa shape index (κ1) is 10.0. The van der Waals surface area contributed by atoms with E-state index in [1.807, 2.05) is 36.4 Å². The molecule has 13 heavy (non-hydrogen) atoms. The molecule has 0 amide bonds. The molecule has 1 rings (SSSR count). The average molecular weight is 176 g/mol. The zero-order valence-corrected chi connectivity index (χ0v) is 7.98. The van der Waals surface area contributed by atoms with Crippen molar-refractivity contribution in [3.8, 4) is 0 Å². The van der Waals surface area contributed by atoms with Crippen molar-refractivity contribution in [1.82, 2.24) is 0 Å². The maximum atomic E-state index is 9.91. The van der Waals surface area contributed by atoms with Gasteiger partial charge >= 0.3 is 0 Å². The third kappa shape index (κ3) is 2.43. The van der Waals surface area contributed by atoms with Crippen molar-refractivity contribution < 1.29 is 5.11 Å². The lowest BCUT2D eigenvalue weighted by atomic mass is 9.94. The van der Waals surface area contributed by atoms with E-state index >= 15 is 0 Å². The minimum atomic E-state index is -0.413. The van der Waals surface area contributed by atoms with Crippen molar-refractivity contribution in [3.63, 3.8) is 0 Å². The minimum absolute atomic E-state index is 0.155. The van der Waals surface area contributed by atoms with Crippen LogP contribution < -0.4 is 0 Å². The van der Waals surface area contributed by atoms with Gasteiger partial charge in [-0.1, -0.05) is 43.3 Å². The van der Waals surface area contributed by atoms with Gasteiger partial charge in [-0.05, 0) is 12.0 Å². The summed E-state index contributed by atoms with van der Waals surface area (Å²) < 4.78 is 0. The smallest absolute Gasteiger partial charge is 0.0852 e. The predicted molar refractivity (Wildman–Crippen MR) is 55.4 cm³/mol. The Labute approximate surface area is 79.7 Å². The van der Waals surface area contributed by atoms with E-state index in [-0.39, 0.29) is 5.92 Å². The molecule has 1 unspecified atom stereocenters. The fourth-order valence-electron chi connectivity index (χ4n) is 1.42. The molecule has 0 aliphatic rings. The van der Waals surface area contributed by atoms with Gasteiger partial charge in [0.25, 0.3) is 0 Å². The summed E-state index contributed by atoms with van der Waals surface area (Å²) in [7, 11) is 0. The van der Waals surface area contributed by atoms with Crippen molar-refractivity contribution in [1.29, 1.82) is 0 Å². The third-order valence-corrected chi connectivity index (χ3v) is 2.32. The molecule has 1 aromatic rings. The minimum Gasteiger partial charge on any atom is -0.388 e. The topological polar surface area (TPSA) is 20.2 Å². The third-order valence-electron chi connectivity index (χ3n) is 2.32. The maximum absolute atomic E-state index is 9.91. The van der Waals surface area contributed by atoms with E-state index in [1.54, 1.807) is 0 Å². The molecule has 70 valence electrons. The molecule has 1 aromatic carbocycles. The molecule has 0 saturated heterocycles.